The molecule has 15 heavy (non-hydrogen) atoms. The molecule has 0 fully saturated rings. The highest BCUT2D eigenvalue weighted by atomic mass is 16.4. The van der Waals surface area contributed by atoms with Crippen LogP contribution in [-0.2, 0) is 4.79 Å². The van der Waals surface area contributed by atoms with Crippen molar-refractivity contribution in [3.63, 3.8) is 0 Å². The number of rotatable bonds is 3. The van der Waals surface area contributed by atoms with Crippen molar-refractivity contribution in [2.45, 2.75) is 25.9 Å². The molecule has 0 aromatic heterocycles. The Kier molecular flexibility index (Phi) is 3.44. The zero-order valence-electron chi connectivity index (χ0n) is 8.90. The fourth-order valence-corrected chi connectivity index (χ4v) is 1.33. The zero-order valence-corrected chi connectivity index (χ0v) is 8.90. The monoisotopic (exact) mass is 208 g/mol. The van der Waals surface area contributed by atoms with Gasteiger partial charge in [0, 0.05) is 0 Å². The van der Waals surface area contributed by atoms with Crippen LogP contribution >= 0.6 is 0 Å². The number of carboxylic acid groups (broad SMARTS) is 1. The maximum absolute atomic E-state index is 10.7. The van der Waals surface area contributed by atoms with E-state index in [9.17, 15) is 4.79 Å². The summed E-state index contributed by atoms with van der Waals surface area (Å²) >= 11 is 0. The average Bonchev–Trinajstić information content (AvgIpc) is 2.19. The number of hydrogen-bond donors (Lipinski definition) is 3. The molecule has 0 aliphatic carbocycles. The van der Waals surface area contributed by atoms with Gasteiger partial charge in [0.1, 0.15) is 6.04 Å². The first-order valence-electron chi connectivity index (χ1n) is 4.74. The van der Waals surface area contributed by atoms with Crippen LogP contribution in [0.5, 0.6) is 0 Å². The molecular formula is C11H16N2O2. The summed E-state index contributed by atoms with van der Waals surface area (Å²) < 4.78 is 0. The maximum atomic E-state index is 10.7. The van der Waals surface area contributed by atoms with Crippen LogP contribution in [0.4, 0.5) is 0 Å². The SMILES string of the molecule is Cc1ccc(C(N)C(N)C(=O)O)cc1C. The van der Waals surface area contributed by atoms with Gasteiger partial charge in [-0.3, -0.25) is 4.79 Å². The summed E-state index contributed by atoms with van der Waals surface area (Å²) in [6, 6.07) is 3.88. The second-order valence-electron chi connectivity index (χ2n) is 3.73. The first kappa shape index (κ1) is 11.7. The summed E-state index contributed by atoms with van der Waals surface area (Å²) in [5.74, 6) is -1.08. The lowest BCUT2D eigenvalue weighted by Gasteiger charge is -2.17. The van der Waals surface area contributed by atoms with E-state index in [1.165, 1.54) is 0 Å². The Morgan fingerprint density at radius 2 is 1.87 bits per heavy atom. The molecule has 0 radical (unpaired) electrons. The predicted octanol–water partition coefficient (Wildman–Crippen LogP) is 0.715. The van der Waals surface area contributed by atoms with Crippen molar-refractivity contribution < 1.29 is 9.90 Å². The normalized spacial score (nSPS) is 14.7. The molecule has 2 atom stereocenters. The van der Waals surface area contributed by atoms with Crippen molar-refractivity contribution in [3.05, 3.63) is 34.9 Å². The smallest absolute Gasteiger partial charge is 0.322 e. The van der Waals surface area contributed by atoms with E-state index in [1.807, 2.05) is 32.0 Å². The highest BCUT2D eigenvalue weighted by Crippen LogP contribution is 2.17. The Hall–Kier alpha value is -1.39. The van der Waals surface area contributed by atoms with Gasteiger partial charge in [-0.25, -0.2) is 0 Å². The number of carboxylic acids is 1. The van der Waals surface area contributed by atoms with Crippen LogP contribution in [-0.4, -0.2) is 17.1 Å². The topological polar surface area (TPSA) is 89.3 Å². The zero-order chi connectivity index (χ0) is 11.6. The van der Waals surface area contributed by atoms with E-state index in [4.69, 9.17) is 16.6 Å². The molecular weight excluding hydrogens is 192 g/mol. The molecule has 0 aliphatic heterocycles. The van der Waals surface area contributed by atoms with Crippen LogP contribution in [0.2, 0.25) is 0 Å². The Morgan fingerprint density at radius 3 is 2.33 bits per heavy atom. The summed E-state index contributed by atoms with van der Waals surface area (Å²) in [5, 5.41) is 8.73. The minimum absolute atomic E-state index is 0.665. The third kappa shape index (κ3) is 2.55. The molecule has 1 rings (SSSR count). The van der Waals surface area contributed by atoms with E-state index in [-0.39, 0.29) is 0 Å². The average molecular weight is 208 g/mol. The van der Waals surface area contributed by atoms with Crippen molar-refractivity contribution in [1.29, 1.82) is 0 Å². The van der Waals surface area contributed by atoms with E-state index >= 15 is 0 Å². The van der Waals surface area contributed by atoms with E-state index in [0.717, 1.165) is 16.7 Å². The predicted molar refractivity (Wildman–Crippen MR) is 58.5 cm³/mol. The lowest BCUT2D eigenvalue weighted by molar-refractivity contribution is -0.139. The first-order chi connectivity index (χ1) is 6.93. The maximum Gasteiger partial charge on any atom is 0.322 e. The quantitative estimate of drug-likeness (QED) is 0.682. The Bertz CT molecular complexity index is 377. The second kappa shape index (κ2) is 4.42. The van der Waals surface area contributed by atoms with Crippen molar-refractivity contribution in [2.24, 2.45) is 11.5 Å². The molecule has 0 spiro atoms. The van der Waals surface area contributed by atoms with E-state index in [2.05, 4.69) is 0 Å². The molecule has 0 amide bonds. The van der Waals surface area contributed by atoms with Gasteiger partial charge in [0.2, 0.25) is 0 Å². The van der Waals surface area contributed by atoms with Crippen LogP contribution < -0.4 is 11.5 Å². The van der Waals surface area contributed by atoms with Gasteiger partial charge >= 0.3 is 5.97 Å². The molecule has 2 unspecified atom stereocenters. The number of carbonyl (C=O) groups is 1. The molecule has 4 heteroatoms. The van der Waals surface area contributed by atoms with Crippen LogP contribution in [0.25, 0.3) is 0 Å². The lowest BCUT2D eigenvalue weighted by atomic mass is 9.97. The number of nitrogens with two attached hydrogens (primary N) is 2. The third-order valence-corrected chi connectivity index (χ3v) is 2.59. The molecule has 5 N–H and O–H groups in total. The molecule has 0 saturated heterocycles. The molecule has 82 valence electrons. The third-order valence-electron chi connectivity index (χ3n) is 2.59. The van der Waals surface area contributed by atoms with Gasteiger partial charge in [0.25, 0.3) is 0 Å². The van der Waals surface area contributed by atoms with E-state index < -0.39 is 18.1 Å². The summed E-state index contributed by atoms with van der Waals surface area (Å²) in [6.45, 7) is 3.94. The molecule has 1 aromatic rings. The Morgan fingerprint density at radius 1 is 1.27 bits per heavy atom. The molecule has 0 aliphatic rings. The number of aliphatic carboxylic acids is 1. The van der Waals surface area contributed by atoms with E-state index in [0.29, 0.717) is 0 Å². The van der Waals surface area contributed by atoms with Crippen LogP contribution in [0, 0.1) is 13.8 Å². The first-order valence-corrected chi connectivity index (χ1v) is 4.74. The van der Waals surface area contributed by atoms with Gasteiger partial charge < -0.3 is 16.6 Å². The van der Waals surface area contributed by atoms with Crippen molar-refractivity contribution in [2.75, 3.05) is 0 Å². The Labute approximate surface area is 88.9 Å². The summed E-state index contributed by atoms with van der Waals surface area (Å²) in [5.41, 5.74) is 14.2. The molecule has 4 nitrogen and oxygen atoms in total. The summed E-state index contributed by atoms with van der Waals surface area (Å²) in [6.07, 6.45) is 0. The minimum atomic E-state index is -1.08. The van der Waals surface area contributed by atoms with Crippen molar-refractivity contribution in [1.82, 2.24) is 0 Å². The van der Waals surface area contributed by atoms with E-state index in [1.54, 1.807) is 0 Å². The summed E-state index contributed by atoms with van der Waals surface area (Å²) in [7, 11) is 0. The van der Waals surface area contributed by atoms with Crippen LogP contribution in [0.15, 0.2) is 18.2 Å². The Balaban J connectivity index is 2.96. The van der Waals surface area contributed by atoms with Gasteiger partial charge in [0.15, 0.2) is 0 Å². The van der Waals surface area contributed by atoms with Gasteiger partial charge in [-0.1, -0.05) is 18.2 Å². The van der Waals surface area contributed by atoms with Crippen molar-refractivity contribution >= 4 is 5.97 Å². The van der Waals surface area contributed by atoms with Crippen molar-refractivity contribution in [3.8, 4) is 0 Å². The second-order valence-corrected chi connectivity index (χ2v) is 3.73. The highest BCUT2D eigenvalue weighted by molar-refractivity contribution is 5.74. The number of benzene rings is 1. The minimum Gasteiger partial charge on any atom is -0.480 e. The molecule has 0 bridgehead atoms. The lowest BCUT2D eigenvalue weighted by Crippen LogP contribution is -2.40. The number of hydrogen-bond acceptors (Lipinski definition) is 3. The fraction of sp³-hybridized carbons (Fsp3) is 0.364. The standard InChI is InChI=1S/C11H16N2O2/c1-6-3-4-8(5-7(6)2)9(12)10(13)11(14)15/h3-5,9-10H,12-13H2,1-2H3,(H,14,15). The van der Waals surface area contributed by atoms with Gasteiger partial charge in [-0.05, 0) is 30.5 Å². The molecule has 0 heterocycles. The van der Waals surface area contributed by atoms with Gasteiger partial charge in [-0.2, -0.15) is 0 Å². The molecule has 1 aromatic carbocycles. The van der Waals surface area contributed by atoms with Gasteiger partial charge in [-0.15, -0.1) is 0 Å². The van der Waals surface area contributed by atoms with Gasteiger partial charge in [0.05, 0.1) is 6.04 Å². The van der Waals surface area contributed by atoms with Crippen LogP contribution in [0.3, 0.4) is 0 Å². The largest absolute Gasteiger partial charge is 0.480 e. The number of aryl methyl sites for hydroxylation is 2. The summed E-state index contributed by atoms with van der Waals surface area (Å²) in [4.78, 5) is 10.7. The van der Waals surface area contributed by atoms with Crippen LogP contribution in [0.1, 0.15) is 22.7 Å². The molecule has 0 saturated carbocycles. The highest BCUT2D eigenvalue weighted by Gasteiger charge is 2.22. The fourth-order valence-electron chi connectivity index (χ4n) is 1.33.